The lowest BCUT2D eigenvalue weighted by atomic mass is 10.1. The third-order valence-electron chi connectivity index (χ3n) is 4.63. The lowest BCUT2D eigenvalue weighted by molar-refractivity contribution is 0.0200. The summed E-state index contributed by atoms with van der Waals surface area (Å²) in [7, 11) is 0. The molecule has 26 heavy (non-hydrogen) atoms. The zero-order valence-corrected chi connectivity index (χ0v) is 15.9. The Hall–Kier alpha value is -2.18. The quantitative estimate of drug-likeness (QED) is 0.890. The van der Waals surface area contributed by atoms with Crippen LogP contribution >= 0.6 is 0 Å². The predicted molar refractivity (Wildman–Crippen MR) is 96.6 cm³/mol. The molecule has 2 aliphatic rings. The minimum Gasteiger partial charge on any atom is -0.467 e. The molecular formula is C19H29N3O4. The lowest BCUT2D eigenvalue weighted by Gasteiger charge is -2.34. The summed E-state index contributed by atoms with van der Waals surface area (Å²) in [6, 6.07) is 4.08. The number of rotatable bonds is 4. The van der Waals surface area contributed by atoms with Gasteiger partial charge in [-0.3, -0.25) is 0 Å². The standard InChI is InChI=1S/C19H29N3O4/c1-19(2,3)26-18(24)21-10-8-14(9-11-21)20-17(23)22(15-6-7-15)13-16-5-4-12-25-16/h4-5,12,14-15H,6-11,13H2,1-3H3,(H,20,23). The Bertz CT molecular complexity index is 611. The van der Waals surface area contributed by atoms with Crippen LogP contribution in [-0.4, -0.2) is 52.7 Å². The second-order valence-corrected chi connectivity index (χ2v) is 8.13. The van der Waals surface area contributed by atoms with E-state index in [0.29, 0.717) is 25.7 Å². The Balaban J connectivity index is 1.47. The number of carbonyl (C=O) groups excluding carboxylic acids is 2. The van der Waals surface area contributed by atoms with Crippen LogP contribution in [0.15, 0.2) is 22.8 Å². The van der Waals surface area contributed by atoms with Crippen LogP contribution in [0.2, 0.25) is 0 Å². The third-order valence-corrected chi connectivity index (χ3v) is 4.63. The van der Waals surface area contributed by atoms with Crippen LogP contribution in [0.3, 0.4) is 0 Å². The van der Waals surface area contributed by atoms with Gasteiger partial charge in [0.1, 0.15) is 11.4 Å². The molecule has 0 atom stereocenters. The monoisotopic (exact) mass is 363 g/mol. The molecule has 1 aliphatic carbocycles. The molecule has 1 saturated heterocycles. The number of nitrogens with zero attached hydrogens (tertiary/aromatic N) is 2. The molecule has 0 spiro atoms. The van der Waals surface area contributed by atoms with E-state index < -0.39 is 5.60 Å². The fourth-order valence-electron chi connectivity index (χ4n) is 3.11. The molecule has 2 fully saturated rings. The maximum absolute atomic E-state index is 12.7. The number of likely N-dealkylation sites (tertiary alicyclic amines) is 1. The van der Waals surface area contributed by atoms with E-state index in [1.165, 1.54) is 0 Å². The molecule has 0 aromatic carbocycles. The van der Waals surface area contributed by atoms with Crippen molar-refractivity contribution in [2.24, 2.45) is 0 Å². The summed E-state index contributed by atoms with van der Waals surface area (Å²) in [4.78, 5) is 28.4. The number of hydrogen-bond donors (Lipinski definition) is 1. The van der Waals surface area contributed by atoms with Gasteiger partial charge in [-0.25, -0.2) is 9.59 Å². The van der Waals surface area contributed by atoms with Crippen molar-refractivity contribution >= 4 is 12.1 Å². The second-order valence-electron chi connectivity index (χ2n) is 8.13. The van der Waals surface area contributed by atoms with Crippen molar-refractivity contribution in [1.29, 1.82) is 0 Å². The van der Waals surface area contributed by atoms with Crippen molar-refractivity contribution in [1.82, 2.24) is 15.1 Å². The number of nitrogens with one attached hydrogen (secondary N) is 1. The van der Waals surface area contributed by atoms with Crippen LogP contribution < -0.4 is 5.32 Å². The van der Waals surface area contributed by atoms with Gasteiger partial charge < -0.3 is 24.3 Å². The van der Waals surface area contributed by atoms with Crippen LogP contribution in [0.5, 0.6) is 0 Å². The van der Waals surface area contributed by atoms with Crippen molar-refractivity contribution in [2.45, 2.75) is 70.7 Å². The van der Waals surface area contributed by atoms with Gasteiger partial charge in [0.2, 0.25) is 0 Å². The van der Waals surface area contributed by atoms with Gasteiger partial charge in [0.25, 0.3) is 0 Å². The molecule has 1 aromatic rings. The van der Waals surface area contributed by atoms with Gasteiger partial charge in [0.15, 0.2) is 0 Å². The predicted octanol–water partition coefficient (Wildman–Crippen LogP) is 3.35. The number of ether oxygens (including phenoxy) is 1. The smallest absolute Gasteiger partial charge is 0.410 e. The van der Waals surface area contributed by atoms with Gasteiger partial charge in [0, 0.05) is 25.2 Å². The van der Waals surface area contributed by atoms with Crippen molar-refractivity contribution in [3.63, 3.8) is 0 Å². The molecule has 3 rings (SSSR count). The van der Waals surface area contributed by atoms with E-state index in [1.807, 2.05) is 37.8 Å². The fourth-order valence-corrected chi connectivity index (χ4v) is 3.11. The molecule has 0 bridgehead atoms. The Morgan fingerprint density at radius 1 is 1.27 bits per heavy atom. The molecule has 1 aromatic heterocycles. The molecule has 0 unspecified atom stereocenters. The van der Waals surface area contributed by atoms with Gasteiger partial charge >= 0.3 is 12.1 Å². The van der Waals surface area contributed by atoms with Gasteiger partial charge in [-0.1, -0.05) is 0 Å². The summed E-state index contributed by atoms with van der Waals surface area (Å²) in [6.45, 7) is 7.29. The first-order valence-electron chi connectivity index (χ1n) is 9.39. The molecule has 7 nitrogen and oxygen atoms in total. The summed E-state index contributed by atoms with van der Waals surface area (Å²) in [6.07, 6.45) is 4.93. The molecule has 144 valence electrons. The van der Waals surface area contributed by atoms with E-state index in [2.05, 4.69) is 5.32 Å². The van der Waals surface area contributed by atoms with E-state index >= 15 is 0 Å². The minimum atomic E-state index is -0.487. The SMILES string of the molecule is CC(C)(C)OC(=O)N1CCC(NC(=O)N(Cc2ccco2)C2CC2)CC1. The van der Waals surface area contributed by atoms with E-state index in [4.69, 9.17) is 9.15 Å². The Labute approximate surface area is 154 Å². The van der Waals surface area contributed by atoms with E-state index in [-0.39, 0.29) is 18.2 Å². The Kier molecular flexibility index (Phi) is 5.44. The number of carbonyl (C=O) groups is 2. The van der Waals surface area contributed by atoms with Crippen LogP contribution in [0.1, 0.15) is 52.2 Å². The van der Waals surface area contributed by atoms with Crippen molar-refractivity contribution < 1.29 is 18.7 Å². The summed E-state index contributed by atoms with van der Waals surface area (Å²) >= 11 is 0. The fraction of sp³-hybridized carbons (Fsp3) is 0.684. The maximum Gasteiger partial charge on any atom is 0.410 e. The molecule has 0 radical (unpaired) electrons. The zero-order chi connectivity index (χ0) is 18.7. The number of piperidine rings is 1. The van der Waals surface area contributed by atoms with E-state index in [0.717, 1.165) is 31.4 Å². The van der Waals surface area contributed by atoms with E-state index in [9.17, 15) is 9.59 Å². The average molecular weight is 363 g/mol. The van der Waals surface area contributed by atoms with Gasteiger partial charge in [-0.15, -0.1) is 0 Å². The van der Waals surface area contributed by atoms with Gasteiger partial charge in [0.05, 0.1) is 12.8 Å². The third kappa shape index (κ3) is 5.16. The second kappa shape index (κ2) is 7.60. The summed E-state index contributed by atoms with van der Waals surface area (Å²) in [5, 5.41) is 3.13. The first-order valence-corrected chi connectivity index (χ1v) is 9.39. The normalized spacial score (nSPS) is 18.5. The van der Waals surface area contributed by atoms with Crippen molar-refractivity contribution in [2.75, 3.05) is 13.1 Å². The molecule has 2 heterocycles. The van der Waals surface area contributed by atoms with Crippen LogP contribution in [-0.2, 0) is 11.3 Å². The number of hydrogen-bond acceptors (Lipinski definition) is 4. The molecule has 7 heteroatoms. The van der Waals surface area contributed by atoms with Crippen LogP contribution in [0.25, 0.3) is 0 Å². The molecule has 3 amide bonds. The van der Waals surface area contributed by atoms with Gasteiger partial charge in [-0.2, -0.15) is 0 Å². The lowest BCUT2D eigenvalue weighted by Crippen LogP contribution is -2.51. The highest BCUT2D eigenvalue weighted by molar-refractivity contribution is 5.75. The van der Waals surface area contributed by atoms with Crippen molar-refractivity contribution in [3.05, 3.63) is 24.2 Å². The first kappa shape index (κ1) is 18.6. The van der Waals surface area contributed by atoms with Crippen LogP contribution in [0.4, 0.5) is 9.59 Å². The van der Waals surface area contributed by atoms with E-state index in [1.54, 1.807) is 11.2 Å². The van der Waals surface area contributed by atoms with Crippen molar-refractivity contribution in [3.8, 4) is 0 Å². The highest BCUT2D eigenvalue weighted by atomic mass is 16.6. The largest absolute Gasteiger partial charge is 0.467 e. The minimum absolute atomic E-state index is 0.0420. The molecule has 1 N–H and O–H groups in total. The first-order chi connectivity index (χ1) is 12.3. The Morgan fingerprint density at radius 3 is 2.50 bits per heavy atom. The van der Waals surface area contributed by atoms with Crippen LogP contribution in [0, 0.1) is 0 Å². The highest BCUT2D eigenvalue weighted by Gasteiger charge is 2.35. The molecule has 1 aliphatic heterocycles. The molecule has 1 saturated carbocycles. The van der Waals surface area contributed by atoms with Gasteiger partial charge in [-0.05, 0) is 58.6 Å². The summed E-state index contributed by atoms with van der Waals surface area (Å²) in [5.41, 5.74) is -0.487. The number of furan rings is 1. The molecular weight excluding hydrogens is 334 g/mol. The summed E-state index contributed by atoms with van der Waals surface area (Å²) in [5.74, 6) is 0.798. The summed E-state index contributed by atoms with van der Waals surface area (Å²) < 4.78 is 10.8. The Morgan fingerprint density at radius 2 is 1.96 bits per heavy atom. The average Bonchev–Trinajstić information content (AvgIpc) is 3.27. The number of urea groups is 1. The maximum atomic E-state index is 12.7. The number of amides is 3. The topological polar surface area (TPSA) is 75.0 Å². The highest BCUT2D eigenvalue weighted by Crippen LogP contribution is 2.28. The zero-order valence-electron chi connectivity index (χ0n) is 15.9.